The number of nitrogens with one attached hydrogen (secondary N) is 1. The number of carbonyl (C=O) groups excluding carboxylic acids is 1. The lowest BCUT2D eigenvalue weighted by atomic mass is 9.74. The Kier molecular flexibility index (Phi) is 4.80. The summed E-state index contributed by atoms with van der Waals surface area (Å²) in [4.78, 5) is 15.7. The molecule has 2 unspecified atom stereocenters. The second-order valence-corrected chi connectivity index (χ2v) is 6.97. The fourth-order valence-electron chi connectivity index (χ4n) is 3.73. The average molecular weight is 369 g/mol. The number of halogens is 1. The predicted molar refractivity (Wildman–Crippen MR) is 85.4 cm³/mol. The Morgan fingerprint density at radius 1 is 1.45 bits per heavy atom. The van der Waals surface area contributed by atoms with Crippen LogP contribution in [-0.2, 0) is 19.9 Å². The van der Waals surface area contributed by atoms with Gasteiger partial charge in [-0.15, -0.1) is 0 Å². The maximum atomic E-state index is 11.6. The first-order valence-electron chi connectivity index (χ1n) is 7.70. The predicted octanol–water partition coefficient (Wildman–Crippen LogP) is 2.53. The summed E-state index contributed by atoms with van der Waals surface area (Å²) in [6.45, 7) is -0.0231. The number of rotatable bonds is 4. The van der Waals surface area contributed by atoms with E-state index in [0.29, 0.717) is 12.1 Å². The average Bonchev–Trinajstić information content (AvgIpc) is 2.52. The lowest BCUT2D eigenvalue weighted by molar-refractivity contribution is -0.159. The molecule has 0 aromatic carbocycles. The van der Waals surface area contributed by atoms with Crippen LogP contribution in [0.15, 0.2) is 22.9 Å². The van der Waals surface area contributed by atoms with E-state index < -0.39 is 5.60 Å². The molecular formula is C16H21BrN2O3. The van der Waals surface area contributed by atoms with Crippen molar-refractivity contribution in [3.63, 3.8) is 0 Å². The Balaban J connectivity index is 1.91. The van der Waals surface area contributed by atoms with Gasteiger partial charge in [-0.05, 0) is 47.7 Å². The van der Waals surface area contributed by atoms with Gasteiger partial charge >= 0.3 is 5.97 Å². The molecule has 0 saturated carbocycles. The molecular weight excluding hydrogens is 348 g/mol. The van der Waals surface area contributed by atoms with Crippen LogP contribution in [0.5, 0.6) is 0 Å². The van der Waals surface area contributed by atoms with Crippen LogP contribution in [0.4, 0.5) is 0 Å². The second-order valence-electron chi connectivity index (χ2n) is 6.11. The van der Waals surface area contributed by atoms with E-state index in [1.54, 1.807) is 12.4 Å². The van der Waals surface area contributed by atoms with E-state index in [1.807, 2.05) is 6.07 Å². The zero-order valence-electron chi connectivity index (χ0n) is 12.7. The molecule has 2 saturated heterocycles. The van der Waals surface area contributed by atoms with Crippen LogP contribution in [0.3, 0.4) is 0 Å². The maximum Gasteiger partial charge on any atom is 0.331 e. The molecule has 2 aliphatic heterocycles. The normalized spacial score (nSPS) is 30.8. The van der Waals surface area contributed by atoms with Crippen LogP contribution in [0.2, 0.25) is 0 Å². The van der Waals surface area contributed by atoms with Crippen molar-refractivity contribution in [1.29, 1.82) is 0 Å². The third-order valence-corrected chi connectivity index (χ3v) is 5.32. The van der Waals surface area contributed by atoms with Crippen molar-refractivity contribution in [3.05, 3.63) is 28.5 Å². The van der Waals surface area contributed by atoms with E-state index in [0.717, 1.165) is 35.7 Å². The van der Waals surface area contributed by atoms with Gasteiger partial charge in [-0.1, -0.05) is 6.42 Å². The van der Waals surface area contributed by atoms with Gasteiger partial charge < -0.3 is 14.8 Å². The molecule has 0 radical (unpaired) electrons. The van der Waals surface area contributed by atoms with Gasteiger partial charge in [0, 0.05) is 34.5 Å². The number of nitrogens with zero attached hydrogens (tertiary/aromatic N) is 1. The highest BCUT2D eigenvalue weighted by atomic mass is 79.9. The number of hydrogen-bond acceptors (Lipinski definition) is 5. The minimum atomic E-state index is -0.461. The topological polar surface area (TPSA) is 60.5 Å². The standard InChI is InChI=1S/C16H21BrN2O3/c1-21-15(20)10-22-16(13-5-6-18-9-14(13)17)7-11-3-2-4-12(8-16)19-11/h5-6,9,11-12,19H,2-4,7-8,10H2,1H3. The van der Waals surface area contributed by atoms with E-state index in [-0.39, 0.29) is 12.6 Å². The Bertz CT molecular complexity index is 540. The smallest absolute Gasteiger partial charge is 0.331 e. The molecule has 0 aliphatic carbocycles. The van der Waals surface area contributed by atoms with Gasteiger partial charge in [0.15, 0.2) is 0 Å². The Labute approximate surface area is 138 Å². The van der Waals surface area contributed by atoms with Gasteiger partial charge in [0.2, 0.25) is 0 Å². The van der Waals surface area contributed by atoms with Crippen molar-refractivity contribution < 1.29 is 14.3 Å². The Morgan fingerprint density at radius 2 is 2.18 bits per heavy atom. The Hall–Kier alpha value is -0.980. The second kappa shape index (κ2) is 6.64. The summed E-state index contributed by atoms with van der Waals surface area (Å²) in [5.74, 6) is -0.340. The number of pyridine rings is 1. The van der Waals surface area contributed by atoms with Crippen LogP contribution in [0.1, 0.15) is 37.7 Å². The number of fused-ring (bicyclic) bond motifs is 2. The SMILES string of the molecule is COC(=O)COC1(c2ccncc2Br)CC2CCCC(C1)N2. The highest BCUT2D eigenvalue weighted by molar-refractivity contribution is 9.10. The third-order valence-electron chi connectivity index (χ3n) is 4.69. The third kappa shape index (κ3) is 3.19. The molecule has 2 atom stereocenters. The zero-order chi connectivity index (χ0) is 15.6. The fraction of sp³-hybridized carbons (Fsp3) is 0.625. The molecule has 3 heterocycles. The quantitative estimate of drug-likeness (QED) is 0.827. The summed E-state index contributed by atoms with van der Waals surface area (Å²) >= 11 is 3.59. The maximum absolute atomic E-state index is 11.6. The molecule has 2 fully saturated rings. The summed E-state index contributed by atoms with van der Waals surface area (Å²) in [6.07, 6.45) is 8.86. The monoisotopic (exact) mass is 368 g/mol. The van der Waals surface area contributed by atoms with Crippen molar-refractivity contribution >= 4 is 21.9 Å². The summed E-state index contributed by atoms with van der Waals surface area (Å²) < 4.78 is 11.8. The molecule has 3 rings (SSSR count). The molecule has 120 valence electrons. The number of esters is 1. The number of methoxy groups -OCH3 is 1. The molecule has 22 heavy (non-hydrogen) atoms. The lowest BCUT2D eigenvalue weighted by Crippen LogP contribution is -2.55. The summed E-state index contributed by atoms with van der Waals surface area (Å²) in [7, 11) is 1.39. The number of hydrogen-bond donors (Lipinski definition) is 1. The van der Waals surface area contributed by atoms with Gasteiger partial charge in [-0.2, -0.15) is 0 Å². The summed E-state index contributed by atoms with van der Waals surface area (Å²) in [6, 6.07) is 2.86. The first kappa shape index (κ1) is 15.9. The van der Waals surface area contributed by atoms with Crippen LogP contribution < -0.4 is 5.32 Å². The van der Waals surface area contributed by atoms with Crippen LogP contribution in [0.25, 0.3) is 0 Å². The number of ether oxygens (including phenoxy) is 2. The van der Waals surface area contributed by atoms with Gasteiger partial charge in [-0.3, -0.25) is 4.98 Å². The minimum Gasteiger partial charge on any atom is -0.467 e. The Morgan fingerprint density at radius 3 is 2.82 bits per heavy atom. The van der Waals surface area contributed by atoms with Crippen molar-refractivity contribution in [2.75, 3.05) is 13.7 Å². The minimum absolute atomic E-state index is 0.0231. The highest BCUT2D eigenvalue weighted by Gasteiger charge is 2.45. The molecule has 2 bridgehead atoms. The van der Waals surface area contributed by atoms with Crippen molar-refractivity contribution in [2.45, 2.75) is 49.8 Å². The number of piperidine rings is 2. The van der Waals surface area contributed by atoms with Crippen molar-refractivity contribution in [2.24, 2.45) is 0 Å². The van der Waals surface area contributed by atoms with Crippen LogP contribution >= 0.6 is 15.9 Å². The van der Waals surface area contributed by atoms with Gasteiger partial charge in [0.05, 0.1) is 12.7 Å². The lowest BCUT2D eigenvalue weighted by Gasteiger charge is -2.48. The van der Waals surface area contributed by atoms with Crippen molar-refractivity contribution in [3.8, 4) is 0 Å². The first-order valence-corrected chi connectivity index (χ1v) is 8.49. The van der Waals surface area contributed by atoms with Crippen molar-refractivity contribution in [1.82, 2.24) is 10.3 Å². The number of carbonyl (C=O) groups is 1. The molecule has 2 aliphatic rings. The van der Waals surface area contributed by atoms with E-state index in [4.69, 9.17) is 9.47 Å². The molecule has 1 N–H and O–H groups in total. The van der Waals surface area contributed by atoms with E-state index in [9.17, 15) is 4.79 Å². The van der Waals surface area contributed by atoms with Gasteiger partial charge in [0.25, 0.3) is 0 Å². The summed E-state index contributed by atoms with van der Waals surface area (Å²) in [5, 5.41) is 3.67. The summed E-state index contributed by atoms with van der Waals surface area (Å²) in [5.41, 5.74) is 0.613. The fourth-order valence-corrected chi connectivity index (χ4v) is 4.34. The molecule has 5 nitrogen and oxygen atoms in total. The zero-order valence-corrected chi connectivity index (χ0v) is 14.3. The van der Waals surface area contributed by atoms with Gasteiger partial charge in [0.1, 0.15) is 6.61 Å². The molecule has 1 aromatic rings. The van der Waals surface area contributed by atoms with E-state index in [1.165, 1.54) is 13.5 Å². The van der Waals surface area contributed by atoms with Crippen LogP contribution in [-0.4, -0.2) is 36.8 Å². The highest BCUT2D eigenvalue weighted by Crippen LogP contribution is 2.44. The largest absolute Gasteiger partial charge is 0.467 e. The molecule has 0 amide bonds. The molecule has 6 heteroatoms. The molecule has 0 spiro atoms. The molecule has 1 aromatic heterocycles. The van der Waals surface area contributed by atoms with Gasteiger partial charge in [-0.25, -0.2) is 4.79 Å². The first-order chi connectivity index (χ1) is 10.6. The van der Waals surface area contributed by atoms with E-state index >= 15 is 0 Å². The number of aromatic nitrogens is 1. The van der Waals surface area contributed by atoms with E-state index in [2.05, 4.69) is 26.2 Å². The van der Waals surface area contributed by atoms with Crippen LogP contribution in [0, 0.1) is 0 Å².